The van der Waals surface area contributed by atoms with Gasteiger partial charge in [-0.05, 0) is 32.6 Å². The molecule has 1 saturated heterocycles. The molecule has 2 heterocycles. The fourth-order valence-electron chi connectivity index (χ4n) is 2.82. The van der Waals surface area contributed by atoms with Gasteiger partial charge in [0, 0.05) is 32.3 Å². The molecule has 20 heavy (non-hydrogen) atoms. The average Bonchev–Trinajstić information content (AvgIpc) is 2.93. The first kappa shape index (κ1) is 14.6. The van der Waals surface area contributed by atoms with Crippen LogP contribution in [0.5, 0.6) is 0 Å². The van der Waals surface area contributed by atoms with Crippen LogP contribution in [0.15, 0.2) is 0 Å². The van der Waals surface area contributed by atoms with Crippen LogP contribution in [0.4, 0.5) is 0 Å². The van der Waals surface area contributed by atoms with Gasteiger partial charge in [-0.25, -0.2) is 0 Å². The molecule has 1 N–H and O–H groups in total. The molecule has 0 aromatic carbocycles. The Hall–Kier alpha value is -1.85. The van der Waals surface area contributed by atoms with Crippen molar-refractivity contribution in [1.82, 2.24) is 14.7 Å². The van der Waals surface area contributed by atoms with Crippen LogP contribution in [0.2, 0.25) is 0 Å². The largest absolute Gasteiger partial charge is 0.481 e. The molecule has 1 aromatic rings. The van der Waals surface area contributed by atoms with Gasteiger partial charge in [0.05, 0.1) is 11.3 Å². The summed E-state index contributed by atoms with van der Waals surface area (Å²) in [6.45, 7) is 5.10. The highest BCUT2D eigenvalue weighted by molar-refractivity contribution is 5.96. The Morgan fingerprint density at radius 3 is 2.65 bits per heavy atom. The number of aliphatic carboxylic acids is 1. The molecule has 110 valence electrons. The number of aromatic nitrogens is 2. The van der Waals surface area contributed by atoms with Crippen molar-refractivity contribution in [3.05, 3.63) is 17.0 Å². The molecule has 1 amide bonds. The number of carboxylic acid groups (broad SMARTS) is 1. The van der Waals surface area contributed by atoms with Gasteiger partial charge in [-0.15, -0.1) is 0 Å². The molecular weight excluding hydrogens is 258 g/mol. The van der Waals surface area contributed by atoms with Gasteiger partial charge >= 0.3 is 5.97 Å². The maximum atomic E-state index is 12.5. The summed E-state index contributed by atoms with van der Waals surface area (Å²) in [4.78, 5) is 25.0. The average molecular weight is 279 g/mol. The van der Waals surface area contributed by atoms with E-state index in [9.17, 15) is 9.59 Å². The van der Waals surface area contributed by atoms with Crippen molar-refractivity contribution in [3.63, 3.8) is 0 Å². The summed E-state index contributed by atoms with van der Waals surface area (Å²) in [5.41, 5.74) is 2.32. The van der Waals surface area contributed by atoms with Gasteiger partial charge in [0.1, 0.15) is 0 Å². The minimum Gasteiger partial charge on any atom is -0.481 e. The molecule has 6 heteroatoms. The van der Waals surface area contributed by atoms with E-state index in [4.69, 9.17) is 5.11 Å². The van der Waals surface area contributed by atoms with Crippen LogP contribution >= 0.6 is 0 Å². The van der Waals surface area contributed by atoms with E-state index in [1.54, 1.807) is 4.68 Å². The fourth-order valence-corrected chi connectivity index (χ4v) is 2.82. The Kier molecular flexibility index (Phi) is 4.11. The number of hydrogen-bond donors (Lipinski definition) is 1. The van der Waals surface area contributed by atoms with Crippen LogP contribution in [0, 0.1) is 19.8 Å². The lowest BCUT2D eigenvalue weighted by atomic mass is 10.0. The summed E-state index contributed by atoms with van der Waals surface area (Å²) in [5.74, 6) is -0.452. The molecule has 0 bridgehead atoms. The lowest BCUT2D eigenvalue weighted by Gasteiger charge is -2.16. The van der Waals surface area contributed by atoms with Crippen LogP contribution in [0.3, 0.4) is 0 Å². The van der Waals surface area contributed by atoms with E-state index < -0.39 is 5.97 Å². The van der Waals surface area contributed by atoms with E-state index in [0.29, 0.717) is 31.0 Å². The number of likely N-dealkylation sites (tertiary alicyclic amines) is 1. The normalized spacial score (nSPS) is 18.6. The third-order valence-corrected chi connectivity index (χ3v) is 4.06. The van der Waals surface area contributed by atoms with Gasteiger partial charge < -0.3 is 10.0 Å². The predicted octanol–water partition coefficient (Wildman–Crippen LogP) is 1.36. The van der Waals surface area contributed by atoms with Gasteiger partial charge in [0.2, 0.25) is 0 Å². The standard InChI is InChI=1S/C14H21N3O3/c1-9-13(10(2)16(3)15-9)14(20)17-7-6-11(8-17)4-5-12(18)19/h11H,4-8H2,1-3H3,(H,18,19). The van der Waals surface area contributed by atoms with Crippen LogP contribution < -0.4 is 0 Å². The lowest BCUT2D eigenvalue weighted by Crippen LogP contribution is -2.29. The van der Waals surface area contributed by atoms with Gasteiger partial charge in [-0.3, -0.25) is 14.3 Å². The van der Waals surface area contributed by atoms with E-state index in [1.165, 1.54) is 0 Å². The minimum atomic E-state index is -0.770. The van der Waals surface area contributed by atoms with Crippen LogP contribution in [-0.4, -0.2) is 44.8 Å². The van der Waals surface area contributed by atoms with Crippen molar-refractivity contribution in [2.24, 2.45) is 13.0 Å². The first-order chi connectivity index (χ1) is 9.40. The summed E-state index contributed by atoms with van der Waals surface area (Å²) >= 11 is 0. The summed E-state index contributed by atoms with van der Waals surface area (Å²) in [6.07, 6.45) is 1.71. The second-order valence-corrected chi connectivity index (χ2v) is 5.51. The van der Waals surface area contributed by atoms with Crippen LogP contribution in [0.25, 0.3) is 0 Å². The molecule has 6 nitrogen and oxygen atoms in total. The van der Waals surface area contributed by atoms with Crippen molar-refractivity contribution in [2.45, 2.75) is 33.1 Å². The maximum absolute atomic E-state index is 12.5. The first-order valence-electron chi connectivity index (χ1n) is 6.91. The van der Waals surface area contributed by atoms with Gasteiger partial charge in [0.15, 0.2) is 0 Å². The summed E-state index contributed by atoms with van der Waals surface area (Å²) < 4.78 is 1.72. The number of carbonyl (C=O) groups excluding carboxylic acids is 1. The third kappa shape index (κ3) is 2.84. The minimum absolute atomic E-state index is 0.0194. The van der Waals surface area contributed by atoms with Crippen LogP contribution in [-0.2, 0) is 11.8 Å². The highest BCUT2D eigenvalue weighted by Gasteiger charge is 2.29. The SMILES string of the molecule is Cc1nn(C)c(C)c1C(=O)N1CCC(CCC(=O)O)C1. The Labute approximate surface area is 118 Å². The van der Waals surface area contributed by atoms with E-state index in [0.717, 1.165) is 17.8 Å². The third-order valence-electron chi connectivity index (χ3n) is 4.06. The molecule has 1 fully saturated rings. The van der Waals surface area contributed by atoms with Gasteiger partial charge in [-0.1, -0.05) is 0 Å². The van der Waals surface area contributed by atoms with E-state index >= 15 is 0 Å². The second-order valence-electron chi connectivity index (χ2n) is 5.51. The molecule has 2 rings (SSSR count). The quantitative estimate of drug-likeness (QED) is 0.903. The monoisotopic (exact) mass is 279 g/mol. The topological polar surface area (TPSA) is 75.4 Å². The molecule has 0 radical (unpaired) electrons. The summed E-state index contributed by atoms with van der Waals surface area (Å²) in [6, 6.07) is 0. The van der Waals surface area contributed by atoms with E-state index in [1.807, 2.05) is 25.8 Å². The Morgan fingerprint density at radius 1 is 1.40 bits per heavy atom. The first-order valence-corrected chi connectivity index (χ1v) is 6.91. The number of hydrogen-bond acceptors (Lipinski definition) is 3. The molecule has 1 aromatic heterocycles. The molecule has 1 unspecified atom stereocenters. The highest BCUT2D eigenvalue weighted by atomic mass is 16.4. The molecule has 0 aliphatic carbocycles. The van der Waals surface area contributed by atoms with Crippen molar-refractivity contribution in [3.8, 4) is 0 Å². The Bertz CT molecular complexity index is 536. The van der Waals surface area contributed by atoms with Crippen molar-refractivity contribution in [2.75, 3.05) is 13.1 Å². The van der Waals surface area contributed by atoms with Crippen molar-refractivity contribution >= 4 is 11.9 Å². The van der Waals surface area contributed by atoms with Gasteiger partial charge in [0.25, 0.3) is 5.91 Å². The number of rotatable bonds is 4. The number of amides is 1. The molecule has 1 aliphatic heterocycles. The summed E-state index contributed by atoms with van der Waals surface area (Å²) in [7, 11) is 1.83. The molecule has 1 atom stereocenters. The van der Waals surface area contributed by atoms with Crippen molar-refractivity contribution < 1.29 is 14.7 Å². The second kappa shape index (κ2) is 5.64. The number of aryl methyl sites for hydroxylation is 2. The zero-order valence-corrected chi connectivity index (χ0v) is 12.2. The zero-order chi connectivity index (χ0) is 14.9. The number of carbonyl (C=O) groups is 2. The Balaban J connectivity index is 2.03. The number of carboxylic acids is 1. The van der Waals surface area contributed by atoms with E-state index in [-0.39, 0.29) is 12.3 Å². The predicted molar refractivity (Wildman–Crippen MR) is 73.6 cm³/mol. The molecular formula is C14H21N3O3. The van der Waals surface area contributed by atoms with Gasteiger partial charge in [-0.2, -0.15) is 5.10 Å². The highest BCUT2D eigenvalue weighted by Crippen LogP contribution is 2.24. The molecule has 1 aliphatic rings. The van der Waals surface area contributed by atoms with Crippen LogP contribution in [0.1, 0.15) is 41.0 Å². The Morgan fingerprint density at radius 2 is 2.10 bits per heavy atom. The van der Waals surface area contributed by atoms with Crippen molar-refractivity contribution in [1.29, 1.82) is 0 Å². The molecule has 0 spiro atoms. The maximum Gasteiger partial charge on any atom is 0.303 e. The van der Waals surface area contributed by atoms with E-state index in [2.05, 4.69) is 5.10 Å². The summed E-state index contributed by atoms with van der Waals surface area (Å²) in [5, 5.41) is 13.0. The smallest absolute Gasteiger partial charge is 0.303 e. The zero-order valence-electron chi connectivity index (χ0n) is 12.2. The number of nitrogens with zero attached hydrogens (tertiary/aromatic N) is 3. The fraction of sp³-hybridized carbons (Fsp3) is 0.643. The lowest BCUT2D eigenvalue weighted by molar-refractivity contribution is -0.137. The molecule has 0 saturated carbocycles.